The van der Waals surface area contributed by atoms with Crippen LogP contribution in [-0.2, 0) is 5.41 Å². The van der Waals surface area contributed by atoms with Gasteiger partial charge in [0.2, 0.25) is 0 Å². The van der Waals surface area contributed by atoms with Gasteiger partial charge >= 0.3 is 0 Å². The third-order valence-electron chi connectivity index (χ3n) is 13.0. The van der Waals surface area contributed by atoms with Gasteiger partial charge in [-0.3, -0.25) is 0 Å². The minimum absolute atomic E-state index is 0.633. The van der Waals surface area contributed by atoms with Gasteiger partial charge in [-0.05, 0) is 97.1 Å². The predicted octanol–water partition coefficient (Wildman–Crippen LogP) is 14.9. The summed E-state index contributed by atoms with van der Waals surface area (Å²) in [5.74, 6) is 1.91. The fourth-order valence-electron chi connectivity index (χ4n) is 10.3. The van der Waals surface area contributed by atoms with Crippen molar-refractivity contribution in [3.8, 4) is 78.7 Å². The number of aromatic nitrogens is 3. The van der Waals surface area contributed by atoms with E-state index < -0.39 is 5.41 Å². The van der Waals surface area contributed by atoms with Crippen LogP contribution in [0.2, 0.25) is 0 Å². The molecule has 13 rings (SSSR count). The molecule has 2 heterocycles. The summed E-state index contributed by atoms with van der Waals surface area (Å²) in [6.07, 6.45) is 0. The van der Waals surface area contributed by atoms with E-state index in [2.05, 4.69) is 188 Å². The molecule has 0 saturated carbocycles. The van der Waals surface area contributed by atoms with Crippen LogP contribution in [0.4, 0.5) is 0 Å². The largest absolute Gasteiger partial charge is 0.208 e. The molecule has 288 valence electrons. The Morgan fingerprint density at radius 3 is 1.48 bits per heavy atom. The van der Waals surface area contributed by atoms with Crippen molar-refractivity contribution < 1.29 is 0 Å². The Kier molecular flexibility index (Phi) is 7.69. The second-order valence-corrected chi connectivity index (χ2v) is 17.3. The first kappa shape index (κ1) is 35.0. The van der Waals surface area contributed by atoms with Crippen molar-refractivity contribution in [2.45, 2.75) is 5.41 Å². The molecular weight excluding hydrogens is 771 g/mol. The third kappa shape index (κ3) is 5.14. The van der Waals surface area contributed by atoms with Crippen molar-refractivity contribution in [1.82, 2.24) is 15.0 Å². The van der Waals surface area contributed by atoms with Crippen LogP contribution in [-0.4, -0.2) is 15.0 Å². The molecular formula is C58H35N3S. The molecule has 2 aliphatic rings. The van der Waals surface area contributed by atoms with Crippen LogP contribution in [0.1, 0.15) is 22.3 Å². The summed E-state index contributed by atoms with van der Waals surface area (Å²) in [5.41, 5.74) is 16.9. The first-order valence-corrected chi connectivity index (χ1v) is 21.9. The van der Waals surface area contributed by atoms with Gasteiger partial charge in [0.1, 0.15) is 0 Å². The maximum atomic E-state index is 5.35. The van der Waals surface area contributed by atoms with Crippen LogP contribution < -0.4 is 0 Å². The fraction of sp³-hybridized carbons (Fsp3) is 0.0172. The van der Waals surface area contributed by atoms with Crippen LogP contribution in [0.3, 0.4) is 0 Å². The van der Waals surface area contributed by atoms with Crippen LogP contribution in [0.25, 0.3) is 98.8 Å². The highest BCUT2D eigenvalue weighted by Crippen LogP contribution is 2.62. The van der Waals surface area contributed by atoms with E-state index in [0.29, 0.717) is 17.5 Å². The standard InChI is InChI=1S/C58H35N3S/c1-3-16-36(17-4-1)38-20-15-21-39(32-38)56-59-55(37-18-5-2-6-19-37)60-57(61-56)40-30-31-45-42-23-8-7-22-41(42)43-24-9-12-27-49(43)58(51(45)33-40)50-28-13-10-25-44(50)47-35-54-48(34-52(47)58)46-26-11-14-29-53(46)62-54/h1-35H. The molecule has 0 amide bonds. The number of benzene rings is 9. The summed E-state index contributed by atoms with van der Waals surface area (Å²) >= 11 is 1.88. The van der Waals surface area contributed by atoms with Gasteiger partial charge < -0.3 is 0 Å². The van der Waals surface area contributed by atoms with Gasteiger partial charge in [0.15, 0.2) is 17.5 Å². The van der Waals surface area contributed by atoms with Crippen molar-refractivity contribution in [2.75, 3.05) is 0 Å². The number of hydrogen-bond acceptors (Lipinski definition) is 4. The molecule has 11 aromatic rings. The molecule has 3 nitrogen and oxygen atoms in total. The molecule has 9 aromatic carbocycles. The summed E-state index contributed by atoms with van der Waals surface area (Å²) in [6, 6.07) is 77.1. The molecule has 62 heavy (non-hydrogen) atoms. The Morgan fingerprint density at radius 1 is 0.274 bits per heavy atom. The summed E-state index contributed by atoms with van der Waals surface area (Å²) in [6.45, 7) is 0. The SMILES string of the molecule is c1ccc(-c2cccc(-c3nc(-c4ccccc4)nc(-c4ccc5c(c4)C4(c6ccccc6-c6ccccc6-5)c5ccccc5-c5cc6sc7ccccc7c6cc54)n3)c2)cc1. The zero-order valence-corrected chi connectivity index (χ0v) is 34.3. The monoisotopic (exact) mass is 805 g/mol. The second kappa shape index (κ2) is 13.6. The normalized spacial score (nSPS) is 14.5. The minimum atomic E-state index is -0.660. The smallest absolute Gasteiger partial charge is 0.164 e. The van der Waals surface area contributed by atoms with E-state index in [0.717, 1.165) is 27.8 Å². The highest BCUT2D eigenvalue weighted by atomic mass is 32.1. The van der Waals surface area contributed by atoms with Crippen molar-refractivity contribution in [3.63, 3.8) is 0 Å². The molecule has 0 bridgehead atoms. The molecule has 0 radical (unpaired) electrons. The van der Waals surface area contributed by atoms with E-state index in [4.69, 9.17) is 15.0 Å². The lowest BCUT2D eigenvalue weighted by molar-refractivity contribution is 0.776. The van der Waals surface area contributed by atoms with Crippen LogP contribution in [0.15, 0.2) is 212 Å². The Morgan fingerprint density at radius 2 is 0.774 bits per heavy atom. The van der Waals surface area contributed by atoms with E-state index in [-0.39, 0.29) is 0 Å². The minimum Gasteiger partial charge on any atom is -0.208 e. The molecule has 1 atom stereocenters. The molecule has 1 spiro atoms. The average molecular weight is 806 g/mol. The van der Waals surface area contributed by atoms with E-state index in [1.807, 2.05) is 35.6 Å². The molecule has 0 saturated heterocycles. The lowest BCUT2D eigenvalue weighted by atomic mass is 9.65. The highest BCUT2D eigenvalue weighted by Gasteiger charge is 2.50. The maximum absolute atomic E-state index is 5.35. The van der Waals surface area contributed by atoms with Crippen LogP contribution in [0.5, 0.6) is 0 Å². The van der Waals surface area contributed by atoms with Gasteiger partial charge in [-0.1, -0.05) is 182 Å². The Balaban J connectivity index is 1.12. The number of thiophene rings is 1. The van der Waals surface area contributed by atoms with E-state index in [9.17, 15) is 0 Å². The summed E-state index contributed by atoms with van der Waals surface area (Å²) in [5, 5.41) is 2.59. The molecule has 2 aliphatic carbocycles. The number of fused-ring (bicyclic) bond motifs is 15. The maximum Gasteiger partial charge on any atom is 0.164 e. The van der Waals surface area contributed by atoms with Gasteiger partial charge in [-0.25, -0.2) is 15.0 Å². The molecule has 4 heteroatoms. The third-order valence-corrected chi connectivity index (χ3v) is 14.1. The number of nitrogens with zero attached hydrogens (tertiary/aromatic N) is 3. The zero-order chi connectivity index (χ0) is 40.8. The molecule has 0 fully saturated rings. The van der Waals surface area contributed by atoms with Gasteiger partial charge in [0, 0.05) is 36.9 Å². The van der Waals surface area contributed by atoms with Crippen molar-refractivity contribution in [3.05, 3.63) is 235 Å². The van der Waals surface area contributed by atoms with E-state index >= 15 is 0 Å². The second-order valence-electron chi connectivity index (χ2n) is 16.3. The summed E-state index contributed by atoms with van der Waals surface area (Å²) in [4.78, 5) is 15.8. The predicted molar refractivity (Wildman–Crippen MR) is 256 cm³/mol. The Hall–Kier alpha value is -7.79. The van der Waals surface area contributed by atoms with Crippen molar-refractivity contribution >= 4 is 31.5 Å². The van der Waals surface area contributed by atoms with Gasteiger partial charge in [-0.15, -0.1) is 11.3 Å². The highest BCUT2D eigenvalue weighted by molar-refractivity contribution is 7.25. The molecule has 1 unspecified atom stereocenters. The fourth-order valence-corrected chi connectivity index (χ4v) is 11.4. The molecule has 0 N–H and O–H groups in total. The first-order chi connectivity index (χ1) is 30.7. The lowest BCUT2D eigenvalue weighted by Crippen LogP contribution is -2.29. The number of hydrogen-bond donors (Lipinski definition) is 0. The lowest BCUT2D eigenvalue weighted by Gasteiger charge is -2.35. The van der Waals surface area contributed by atoms with Gasteiger partial charge in [-0.2, -0.15) is 0 Å². The van der Waals surface area contributed by atoms with Crippen LogP contribution >= 0.6 is 11.3 Å². The van der Waals surface area contributed by atoms with Gasteiger partial charge in [0.25, 0.3) is 0 Å². The zero-order valence-electron chi connectivity index (χ0n) is 33.5. The number of rotatable bonds is 4. The van der Waals surface area contributed by atoms with Crippen molar-refractivity contribution in [1.29, 1.82) is 0 Å². The topological polar surface area (TPSA) is 38.7 Å². The Labute approximate surface area is 363 Å². The quantitative estimate of drug-likeness (QED) is 0.178. The molecule has 0 aliphatic heterocycles. The van der Waals surface area contributed by atoms with Crippen molar-refractivity contribution in [2.24, 2.45) is 0 Å². The molecule has 2 aromatic heterocycles. The van der Waals surface area contributed by atoms with E-state index in [1.165, 1.54) is 75.8 Å². The summed E-state index contributed by atoms with van der Waals surface area (Å²) < 4.78 is 2.61. The summed E-state index contributed by atoms with van der Waals surface area (Å²) in [7, 11) is 0. The van der Waals surface area contributed by atoms with Gasteiger partial charge in [0.05, 0.1) is 5.41 Å². The Bertz CT molecular complexity index is 3590. The van der Waals surface area contributed by atoms with Crippen LogP contribution in [0, 0.1) is 0 Å². The average Bonchev–Trinajstić information content (AvgIpc) is 3.83. The van der Waals surface area contributed by atoms with E-state index in [1.54, 1.807) is 0 Å². The first-order valence-electron chi connectivity index (χ1n) is 21.1.